The maximum atomic E-state index is 10.7. The van der Waals surface area contributed by atoms with E-state index in [1.54, 1.807) is 0 Å². The van der Waals surface area contributed by atoms with E-state index in [-0.39, 0.29) is 4.90 Å². The summed E-state index contributed by atoms with van der Waals surface area (Å²) in [7, 11) is -4.12. The van der Waals surface area contributed by atoms with Crippen molar-refractivity contribution in [3.05, 3.63) is 36.4 Å². The molecule has 0 aliphatic carbocycles. The highest BCUT2D eigenvalue weighted by Crippen LogP contribution is 2.15. The van der Waals surface area contributed by atoms with Gasteiger partial charge < -0.3 is 4.74 Å². The van der Waals surface area contributed by atoms with Crippen LogP contribution in [-0.4, -0.2) is 19.6 Å². The Labute approximate surface area is 88.9 Å². The van der Waals surface area contributed by atoms with Gasteiger partial charge >= 0.3 is 0 Å². The molecule has 0 saturated carbocycles. The summed E-state index contributed by atoms with van der Waals surface area (Å²) in [6.45, 7) is 5.87. The van der Waals surface area contributed by atoms with Gasteiger partial charge in [0.25, 0.3) is 10.1 Å². The fraction of sp³-hybridized carbons (Fsp3) is 0.200. The average Bonchev–Trinajstić information content (AvgIpc) is 2.14. The van der Waals surface area contributed by atoms with Gasteiger partial charge in [-0.3, -0.25) is 4.55 Å². The van der Waals surface area contributed by atoms with Gasteiger partial charge in [-0.1, -0.05) is 6.58 Å². The average molecular weight is 228 g/mol. The van der Waals surface area contributed by atoms with Crippen molar-refractivity contribution in [2.75, 3.05) is 6.61 Å². The van der Waals surface area contributed by atoms with Gasteiger partial charge in [-0.25, -0.2) is 0 Å². The maximum Gasteiger partial charge on any atom is 0.294 e. The molecule has 0 heterocycles. The van der Waals surface area contributed by atoms with E-state index in [0.29, 0.717) is 12.4 Å². The summed E-state index contributed by atoms with van der Waals surface area (Å²) in [5.74, 6) is 0.533. The van der Waals surface area contributed by atoms with Crippen LogP contribution in [0.5, 0.6) is 5.75 Å². The molecular weight excluding hydrogens is 216 g/mol. The first-order valence-electron chi connectivity index (χ1n) is 4.24. The zero-order valence-corrected chi connectivity index (χ0v) is 9.12. The molecule has 15 heavy (non-hydrogen) atoms. The Bertz CT molecular complexity index is 445. The molecule has 1 rings (SSSR count). The fourth-order valence-electron chi connectivity index (χ4n) is 0.914. The van der Waals surface area contributed by atoms with Crippen LogP contribution in [0.3, 0.4) is 0 Å². The van der Waals surface area contributed by atoms with Gasteiger partial charge in [0.1, 0.15) is 12.4 Å². The monoisotopic (exact) mass is 228 g/mol. The molecule has 0 spiro atoms. The van der Waals surface area contributed by atoms with Gasteiger partial charge in [-0.2, -0.15) is 8.42 Å². The van der Waals surface area contributed by atoms with Crippen LogP contribution in [0.2, 0.25) is 0 Å². The van der Waals surface area contributed by atoms with E-state index in [9.17, 15) is 8.42 Å². The summed E-state index contributed by atoms with van der Waals surface area (Å²) in [6.07, 6.45) is 0. The second-order valence-corrected chi connectivity index (χ2v) is 4.61. The van der Waals surface area contributed by atoms with Crippen molar-refractivity contribution < 1.29 is 17.7 Å². The largest absolute Gasteiger partial charge is 0.489 e. The normalized spacial score (nSPS) is 11.1. The second-order valence-electron chi connectivity index (χ2n) is 3.19. The van der Waals surface area contributed by atoms with Gasteiger partial charge in [-0.15, -0.1) is 0 Å². The minimum atomic E-state index is -4.12. The Balaban J connectivity index is 2.77. The molecule has 5 heteroatoms. The second kappa shape index (κ2) is 4.46. The van der Waals surface area contributed by atoms with Gasteiger partial charge in [0.05, 0.1) is 4.90 Å². The molecule has 1 aromatic rings. The molecular formula is C10H12O4S. The minimum Gasteiger partial charge on any atom is -0.489 e. The number of rotatable bonds is 4. The summed E-state index contributed by atoms with van der Waals surface area (Å²) in [5.41, 5.74) is 0.869. The summed E-state index contributed by atoms with van der Waals surface area (Å²) in [5, 5.41) is 0. The van der Waals surface area contributed by atoms with E-state index in [1.807, 2.05) is 6.92 Å². The van der Waals surface area contributed by atoms with Crippen molar-refractivity contribution in [2.24, 2.45) is 0 Å². The number of ether oxygens (including phenoxy) is 1. The van der Waals surface area contributed by atoms with Crippen molar-refractivity contribution in [3.63, 3.8) is 0 Å². The molecule has 0 unspecified atom stereocenters. The summed E-state index contributed by atoms with van der Waals surface area (Å²) in [4.78, 5) is -0.148. The van der Waals surface area contributed by atoms with E-state index in [0.717, 1.165) is 5.57 Å². The predicted molar refractivity (Wildman–Crippen MR) is 56.6 cm³/mol. The lowest BCUT2D eigenvalue weighted by Gasteiger charge is -2.05. The third-order valence-electron chi connectivity index (χ3n) is 1.61. The van der Waals surface area contributed by atoms with Crippen molar-refractivity contribution >= 4 is 10.1 Å². The van der Waals surface area contributed by atoms with Crippen LogP contribution < -0.4 is 4.74 Å². The number of hydrogen-bond acceptors (Lipinski definition) is 3. The molecule has 82 valence electrons. The molecule has 0 aliphatic rings. The molecule has 0 atom stereocenters. The van der Waals surface area contributed by atoms with E-state index in [1.165, 1.54) is 24.3 Å². The van der Waals surface area contributed by atoms with E-state index in [2.05, 4.69) is 6.58 Å². The van der Waals surface area contributed by atoms with E-state index < -0.39 is 10.1 Å². The molecule has 4 nitrogen and oxygen atoms in total. The highest BCUT2D eigenvalue weighted by Gasteiger charge is 2.08. The van der Waals surface area contributed by atoms with Crippen molar-refractivity contribution in [1.29, 1.82) is 0 Å². The van der Waals surface area contributed by atoms with Crippen LogP contribution in [-0.2, 0) is 10.1 Å². The highest BCUT2D eigenvalue weighted by atomic mass is 32.2. The van der Waals surface area contributed by atoms with Crippen LogP contribution in [0, 0.1) is 0 Å². The van der Waals surface area contributed by atoms with Gasteiger partial charge in [-0.05, 0) is 36.8 Å². The zero-order valence-electron chi connectivity index (χ0n) is 8.30. The first kappa shape index (κ1) is 11.7. The van der Waals surface area contributed by atoms with Crippen LogP contribution in [0.1, 0.15) is 6.92 Å². The lowest BCUT2D eigenvalue weighted by molar-refractivity contribution is 0.352. The van der Waals surface area contributed by atoms with Gasteiger partial charge in [0.15, 0.2) is 0 Å². The summed E-state index contributed by atoms with van der Waals surface area (Å²) in [6, 6.07) is 5.52. The molecule has 0 radical (unpaired) electrons. The first-order chi connectivity index (χ1) is 6.89. The Morgan fingerprint density at radius 3 is 2.33 bits per heavy atom. The Kier molecular flexibility index (Phi) is 3.49. The van der Waals surface area contributed by atoms with Crippen molar-refractivity contribution in [3.8, 4) is 5.75 Å². The predicted octanol–water partition coefficient (Wildman–Crippen LogP) is 1.89. The first-order valence-corrected chi connectivity index (χ1v) is 5.68. The third kappa shape index (κ3) is 3.73. The summed E-state index contributed by atoms with van der Waals surface area (Å²) < 4.78 is 35.4. The van der Waals surface area contributed by atoms with Crippen LogP contribution in [0.4, 0.5) is 0 Å². The lowest BCUT2D eigenvalue weighted by Crippen LogP contribution is -2.00. The topological polar surface area (TPSA) is 63.6 Å². The molecule has 1 N–H and O–H groups in total. The quantitative estimate of drug-likeness (QED) is 0.631. The van der Waals surface area contributed by atoms with Crippen molar-refractivity contribution in [2.45, 2.75) is 11.8 Å². The maximum absolute atomic E-state index is 10.7. The van der Waals surface area contributed by atoms with E-state index in [4.69, 9.17) is 9.29 Å². The molecule has 0 amide bonds. The summed E-state index contributed by atoms with van der Waals surface area (Å²) >= 11 is 0. The van der Waals surface area contributed by atoms with Crippen LogP contribution in [0.15, 0.2) is 41.3 Å². The third-order valence-corrected chi connectivity index (χ3v) is 2.47. The van der Waals surface area contributed by atoms with Crippen LogP contribution in [0.25, 0.3) is 0 Å². The zero-order chi connectivity index (χ0) is 11.5. The number of hydrogen-bond donors (Lipinski definition) is 1. The minimum absolute atomic E-state index is 0.148. The number of benzene rings is 1. The molecule has 0 aliphatic heterocycles. The van der Waals surface area contributed by atoms with Gasteiger partial charge in [0.2, 0.25) is 0 Å². The molecule has 0 aromatic heterocycles. The Morgan fingerprint density at radius 1 is 1.40 bits per heavy atom. The SMILES string of the molecule is C=C(C)COc1ccc(S(=O)(=O)O)cc1. The Hall–Kier alpha value is -1.33. The van der Waals surface area contributed by atoms with Crippen molar-refractivity contribution in [1.82, 2.24) is 0 Å². The van der Waals surface area contributed by atoms with Crippen LogP contribution >= 0.6 is 0 Å². The lowest BCUT2D eigenvalue weighted by atomic mass is 10.3. The highest BCUT2D eigenvalue weighted by molar-refractivity contribution is 7.85. The van der Waals surface area contributed by atoms with Gasteiger partial charge in [0, 0.05) is 0 Å². The molecule has 0 saturated heterocycles. The standard InChI is InChI=1S/C10H12O4S/c1-8(2)7-14-9-3-5-10(6-4-9)15(11,12)13/h3-6H,1,7H2,2H3,(H,11,12,13). The Morgan fingerprint density at radius 2 is 1.93 bits per heavy atom. The molecule has 0 bridgehead atoms. The molecule has 1 aromatic carbocycles. The molecule has 0 fully saturated rings. The van der Waals surface area contributed by atoms with E-state index >= 15 is 0 Å². The smallest absolute Gasteiger partial charge is 0.294 e. The fourth-order valence-corrected chi connectivity index (χ4v) is 1.39.